The number of carbonyl (C=O) groups is 1. The maximum absolute atomic E-state index is 13.2. The Labute approximate surface area is 166 Å². The fourth-order valence-corrected chi connectivity index (χ4v) is 4.92. The molecular formula is C18H20F3N3O4S. The third kappa shape index (κ3) is 4.01. The average Bonchev–Trinajstić information content (AvgIpc) is 3.07. The highest BCUT2D eigenvalue weighted by Crippen LogP contribution is 2.35. The predicted molar refractivity (Wildman–Crippen MR) is 96.7 cm³/mol. The van der Waals surface area contributed by atoms with Crippen LogP contribution in [0.1, 0.15) is 34.3 Å². The number of carbonyl (C=O) groups excluding carboxylic acids is 1. The lowest BCUT2D eigenvalue weighted by atomic mass is 10.1. The van der Waals surface area contributed by atoms with Gasteiger partial charge in [-0.25, -0.2) is 8.42 Å². The Morgan fingerprint density at radius 2 is 1.79 bits per heavy atom. The molecule has 3 rings (SSSR count). The molecular weight excluding hydrogens is 411 g/mol. The largest absolute Gasteiger partial charge is 0.417 e. The lowest BCUT2D eigenvalue weighted by Crippen LogP contribution is -2.50. The molecule has 0 aliphatic carbocycles. The molecule has 1 amide bonds. The number of rotatable bonds is 4. The van der Waals surface area contributed by atoms with Crippen LogP contribution in [0.2, 0.25) is 0 Å². The molecule has 0 radical (unpaired) electrons. The van der Waals surface area contributed by atoms with Gasteiger partial charge in [-0.05, 0) is 25.5 Å². The van der Waals surface area contributed by atoms with E-state index < -0.39 is 26.7 Å². The number of hydrogen-bond donors (Lipinski definition) is 0. The fraction of sp³-hybridized carbons (Fsp3) is 0.444. The van der Waals surface area contributed by atoms with E-state index in [0.29, 0.717) is 23.4 Å². The molecule has 1 aromatic heterocycles. The number of aryl methyl sites for hydroxylation is 2. The van der Waals surface area contributed by atoms with Gasteiger partial charge in [0.05, 0.1) is 16.2 Å². The molecule has 0 spiro atoms. The topological polar surface area (TPSA) is 83.7 Å². The summed E-state index contributed by atoms with van der Waals surface area (Å²) in [5, 5.41) is 3.84. The third-order valence-corrected chi connectivity index (χ3v) is 6.78. The van der Waals surface area contributed by atoms with Crippen LogP contribution in [0.3, 0.4) is 0 Å². The van der Waals surface area contributed by atoms with Crippen LogP contribution in [0.4, 0.5) is 13.2 Å². The zero-order valence-corrected chi connectivity index (χ0v) is 16.7. The summed E-state index contributed by atoms with van der Waals surface area (Å²) < 4.78 is 71.4. The Bertz CT molecular complexity index is 1010. The molecule has 1 saturated heterocycles. The summed E-state index contributed by atoms with van der Waals surface area (Å²) in [5.41, 5.74) is -0.334. The second-order valence-corrected chi connectivity index (χ2v) is 8.51. The van der Waals surface area contributed by atoms with E-state index in [1.165, 1.54) is 11.0 Å². The first-order valence-corrected chi connectivity index (χ1v) is 10.4. The highest BCUT2D eigenvalue weighted by molar-refractivity contribution is 7.89. The van der Waals surface area contributed by atoms with E-state index >= 15 is 0 Å². The number of halogens is 3. The van der Waals surface area contributed by atoms with Gasteiger partial charge in [-0.2, -0.15) is 17.5 Å². The van der Waals surface area contributed by atoms with E-state index in [1.54, 1.807) is 6.92 Å². The molecule has 1 aromatic carbocycles. The molecule has 1 fully saturated rings. The predicted octanol–water partition coefficient (Wildman–Crippen LogP) is 2.71. The van der Waals surface area contributed by atoms with Crippen molar-refractivity contribution >= 4 is 15.9 Å². The van der Waals surface area contributed by atoms with E-state index in [2.05, 4.69) is 5.16 Å². The molecule has 11 heteroatoms. The number of nitrogens with zero attached hydrogens (tertiary/aromatic N) is 3. The van der Waals surface area contributed by atoms with Gasteiger partial charge in [0.1, 0.15) is 11.3 Å². The number of sulfonamides is 1. The lowest BCUT2D eigenvalue weighted by molar-refractivity contribution is -0.139. The van der Waals surface area contributed by atoms with Crippen molar-refractivity contribution in [2.45, 2.75) is 31.3 Å². The molecule has 1 aliphatic heterocycles. The van der Waals surface area contributed by atoms with Crippen molar-refractivity contribution in [1.82, 2.24) is 14.4 Å². The zero-order valence-electron chi connectivity index (χ0n) is 15.9. The molecule has 0 N–H and O–H groups in total. The van der Waals surface area contributed by atoms with Crippen LogP contribution in [-0.4, -0.2) is 54.9 Å². The molecule has 1 aliphatic rings. The second kappa shape index (κ2) is 7.79. The van der Waals surface area contributed by atoms with Gasteiger partial charge in [-0.15, -0.1) is 0 Å². The molecule has 0 unspecified atom stereocenters. The molecule has 29 heavy (non-hydrogen) atoms. The van der Waals surface area contributed by atoms with Crippen molar-refractivity contribution in [2.75, 3.05) is 26.2 Å². The van der Waals surface area contributed by atoms with E-state index in [4.69, 9.17) is 4.52 Å². The van der Waals surface area contributed by atoms with Crippen LogP contribution < -0.4 is 0 Å². The van der Waals surface area contributed by atoms with Crippen molar-refractivity contribution in [1.29, 1.82) is 0 Å². The smallest absolute Gasteiger partial charge is 0.361 e. The molecule has 0 atom stereocenters. The van der Waals surface area contributed by atoms with E-state index in [9.17, 15) is 26.4 Å². The summed E-state index contributed by atoms with van der Waals surface area (Å²) in [4.78, 5) is 13.5. The average molecular weight is 431 g/mol. The van der Waals surface area contributed by atoms with Crippen LogP contribution in [-0.2, 0) is 22.6 Å². The first-order valence-electron chi connectivity index (χ1n) is 8.98. The molecule has 0 saturated carbocycles. The SMILES string of the molecule is CCc1noc(C)c1C(=O)N1CCN(S(=O)(=O)c2ccccc2C(F)(F)F)CC1. The Hall–Kier alpha value is -2.40. The molecule has 2 heterocycles. The number of benzene rings is 1. The Morgan fingerprint density at radius 3 is 2.38 bits per heavy atom. The molecule has 7 nitrogen and oxygen atoms in total. The summed E-state index contributed by atoms with van der Waals surface area (Å²) >= 11 is 0. The van der Waals surface area contributed by atoms with Gasteiger partial charge in [0.2, 0.25) is 10.0 Å². The molecule has 2 aromatic rings. The minimum atomic E-state index is -4.79. The molecule has 158 valence electrons. The van der Waals surface area contributed by atoms with Gasteiger partial charge in [-0.1, -0.05) is 24.2 Å². The number of amides is 1. The molecule has 0 bridgehead atoms. The summed E-state index contributed by atoms with van der Waals surface area (Å²) in [6, 6.07) is 4.09. The highest BCUT2D eigenvalue weighted by Gasteiger charge is 2.40. The number of hydrogen-bond acceptors (Lipinski definition) is 5. The van der Waals surface area contributed by atoms with E-state index in [-0.39, 0.29) is 32.1 Å². The van der Waals surface area contributed by atoms with Crippen LogP contribution in [0, 0.1) is 6.92 Å². The van der Waals surface area contributed by atoms with Crippen LogP contribution in [0.25, 0.3) is 0 Å². The number of aromatic nitrogens is 1. The van der Waals surface area contributed by atoms with Gasteiger partial charge in [-0.3, -0.25) is 4.79 Å². The minimum absolute atomic E-state index is 0.0556. The Kier molecular flexibility index (Phi) is 5.72. The van der Waals surface area contributed by atoms with Crippen molar-refractivity contribution in [3.63, 3.8) is 0 Å². The quantitative estimate of drug-likeness (QED) is 0.743. The Morgan fingerprint density at radius 1 is 1.17 bits per heavy atom. The van der Waals surface area contributed by atoms with E-state index in [1.807, 2.05) is 6.92 Å². The first kappa shape index (κ1) is 21.3. The Balaban J connectivity index is 1.79. The highest BCUT2D eigenvalue weighted by atomic mass is 32.2. The normalized spacial score (nSPS) is 16.2. The van der Waals surface area contributed by atoms with Crippen molar-refractivity contribution < 1.29 is 30.9 Å². The van der Waals surface area contributed by atoms with Gasteiger partial charge in [0.15, 0.2) is 0 Å². The summed E-state index contributed by atoms with van der Waals surface area (Å²) in [7, 11) is -4.36. The zero-order chi connectivity index (χ0) is 21.4. The van der Waals surface area contributed by atoms with Crippen LogP contribution in [0.5, 0.6) is 0 Å². The second-order valence-electron chi connectivity index (χ2n) is 6.60. The number of piperazine rings is 1. The maximum atomic E-state index is 13.2. The van der Waals surface area contributed by atoms with Gasteiger partial charge < -0.3 is 9.42 Å². The summed E-state index contributed by atoms with van der Waals surface area (Å²) in [5.74, 6) is 0.0503. The first-order chi connectivity index (χ1) is 13.6. The lowest BCUT2D eigenvalue weighted by Gasteiger charge is -2.34. The fourth-order valence-electron chi connectivity index (χ4n) is 3.29. The summed E-state index contributed by atoms with van der Waals surface area (Å²) in [6.07, 6.45) is -4.29. The van der Waals surface area contributed by atoms with Crippen molar-refractivity contribution in [3.05, 3.63) is 46.8 Å². The minimum Gasteiger partial charge on any atom is -0.361 e. The maximum Gasteiger partial charge on any atom is 0.417 e. The summed E-state index contributed by atoms with van der Waals surface area (Å²) in [6.45, 7) is 3.35. The number of alkyl halides is 3. The van der Waals surface area contributed by atoms with Gasteiger partial charge in [0, 0.05) is 26.2 Å². The van der Waals surface area contributed by atoms with Gasteiger partial charge >= 0.3 is 6.18 Å². The van der Waals surface area contributed by atoms with Gasteiger partial charge in [0.25, 0.3) is 5.91 Å². The van der Waals surface area contributed by atoms with Crippen molar-refractivity contribution in [3.8, 4) is 0 Å². The van der Waals surface area contributed by atoms with Crippen LogP contribution >= 0.6 is 0 Å². The standard InChI is InChI=1S/C18H20F3N3O4S/c1-3-14-16(12(2)28-22-14)17(25)23-8-10-24(11-9-23)29(26,27)15-7-5-4-6-13(15)18(19,20)21/h4-7H,3,8-11H2,1-2H3. The monoisotopic (exact) mass is 431 g/mol. The van der Waals surface area contributed by atoms with E-state index in [0.717, 1.165) is 22.5 Å². The van der Waals surface area contributed by atoms with Crippen LogP contribution in [0.15, 0.2) is 33.7 Å². The third-order valence-electron chi connectivity index (χ3n) is 4.82. The van der Waals surface area contributed by atoms with Crippen molar-refractivity contribution in [2.24, 2.45) is 0 Å².